The van der Waals surface area contributed by atoms with Crippen LogP contribution in [0.1, 0.15) is 47.1 Å². The molecule has 0 spiro atoms. The van der Waals surface area contributed by atoms with Gasteiger partial charge < -0.3 is 9.64 Å². The van der Waals surface area contributed by atoms with E-state index in [0.717, 1.165) is 11.3 Å². The van der Waals surface area contributed by atoms with Crippen LogP contribution in [0.4, 0.5) is 0 Å². The molecule has 0 N–H and O–H groups in total. The van der Waals surface area contributed by atoms with Crippen LogP contribution in [0.3, 0.4) is 0 Å². The van der Waals surface area contributed by atoms with Crippen LogP contribution in [0.2, 0.25) is 0 Å². The second-order valence-corrected chi connectivity index (χ2v) is 7.03. The number of nitrogens with zero attached hydrogens (tertiary/aromatic N) is 4. The Balaban J connectivity index is 1.73. The van der Waals surface area contributed by atoms with Gasteiger partial charge in [0, 0.05) is 13.1 Å². The van der Waals surface area contributed by atoms with Crippen molar-refractivity contribution in [3.05, 3.63) is 40.7 Å². The number of hydrogen-bond acceptors (Lipinski definition) is 5. The predicted octanol–water partition coefficient (Wildman–Crippen LogP) is 2.61. The number of aromatic nitrogens is 3. The molecule has 7 heteroatoms. The number of hydrogen-bond donors (Lipinski definition) is 0. The van der Waals surface area contributed by atoms with Crippen LogP contribution in [0, 0.1) is 26.7 Å². The molecule has 27 heavy (non-hydrogen) atoms. The first-order valence-electron chi connectivity index (χ1n) is 9.38. The van der Waals surface area contributed by atoms with Crippen LogP contribution in [0.15, 0.2) is 18.2 Å². The summed E-state index contributed by atoms with van der Waals surface area (Å²) in [4.78, 5) is 28.0. The number of aryl methyl sites for hydroxylation is 3. The van der Waals surface area contributed by atoms with Crippen LogP contribution in [0.25, 0.3) is 5.69 Å². The summed E-state index contributed by atoms with van der Waals surface area (Å²) in [6, 6.07) is 6.03. The first-order valence-corrected chi connectivity index (χ1v) is 9.38. The Labute approximate surface area is 159 Å². The van der Waals surface area contributed by atoms with Crippen LogP contribution >= 0.6 is 0 Å². The van der Waals surface area contributed by atoms with Crippen molar-refractivity contribution in [1.82, 2.24) is 19.9 Å². The van der Waals surface area contributed by atoms with Crippen LogP contribution < -0.4 is 0 Å². The SMILES string of the molecule is CCOC(=O)C1CCN(C(=O)c2nn(-c3ccc(C)cc3C)nc2C)CC1. The van der Waals surface area contributed by atoms with Crippen molar-refractivity contribution in [3.8, 4) is 5.69 Å². The van der Waals surface area contributed by atoms with Gasteiger partial charge in [0.25, 0.3) is 5.91 Å². The minimum atomic E-state index is -0.165. The van der Waals surface area contributed by atoms with E-state index >= 15 is 0 Å². The van der Waals surface area contributed by atoms with Crippen molar-refractivity contribution >= 4 is 11.9 Å². The Kier molecular flexibility index (Phi) is 5.58. The van der Waals surface area contributed by atoms with Gasteiger partial charge in [-0.3, -0.25) is 9.59 Å². The fourth-order valence-corrected chi connectivity index (χ4v) is 3.44. The lowest BCUT2D eigenvalue weighted by molar-refractivity contribution is -0.149. The van der Waals surface area contributed by atoms with Gasteiger partial charge in [0.2, 0.25) is 0 Å². The van der Waals surface area contributed by atoms with E-state index in [0.29, 0.717) is 43.9 Å². The Hall–Kier alpha value is -2.70. The minimum absolute atomic E-state index is 0.124. The Morgan fingerprint density at radius 1 is 1.15 bits per heavy atom. The summed E-state index contributed by atoms with van der Waals surface area (Å²) in [5, 5.41) is 8.89. The van der Waals surface area contributed by atoms with Gasteiger partial charge in [0.1, 0.15) is 0 Å². The van der Waals surface area contributed by atoms with Gasteiger partial charge in [0.05, 0.1) is 23.9 Å². The van der Waals surface area contributed by atoms with E-state index in [1.165, 1.54) is 10.4 Å². The second kappa shape index (κ2) is 7.90. The zero-order valence-corrected chi connectivity index (χ0v) is 16.4. The summed E-state index contributed by atoms with van der Waals surface area (Å²) in [6.45, 7) is 9.08. The van der Waals surface area contributed by atoms with E-state index in [2.05, 4.69) is 16.3 Å². The van der Waals surface area contributed by atoms with E-state index in [9.17, 15) is 9.59 Å². The average molecular weight is 370 g/mol. The van der Waals surface area contributed by atoms with E-state index in [1.54, 1.807) is 18.7 Å². The number of amides is 1. The number of esters is 1. The summed E-state index contributed by atoms with van der Waals surface area (Å²) in [5.41, 5.74) is 4.06. The van der Waals surface area contributed by atoms with Crippen molar-refractivity contribution in [1.29, 1.82) is 0 Å². The summed E-state index contributed by atoms with van der Waals surface area (Å²) in [5.74, 6) is -0.423. The molecular formula is C20H26N4O3. The molecule has 0 atom stereocenters. The number of likely N-dealkylation sites (tertiary alicyclic amines) is 1. The van der Waals surface area contributed by atoms with Crippen molar-refractivity contribution in [3.63, 3.8) is 0 Å². The molecular weight excluding hydrogens is 344 g/mol. The molecule has 0 saturated carbocycles. The molecule has 1 aromatic heterocycles. The molecule has 0 aliphatic carbocycles. The lowest BCUT2D eigenvalue weighted by atomic mass is 9.97. The highest BCUT2D eigenvalue weighted by atomic mass is 16.5. The molecule has 1 aliphatic rings. The van der Waals surface area contributed by atoms with Gasteiger partial charge in [-0.15, -0.1) is 5.10 Å². The molecule has 2 heterocycles. The maximum absolute atomic E-state index is 12.9. The normalized spacial score (nSPS) is 15.0. The topological polar surface area (TPSA) is 77.3 Å². The van der Waals surface area contributed by atoms with Gasteiger partial charge in [-0.25, -0.2) is 0 Å². The maximum atomic E-state index is 12.9. The zero-order valence-electron chi connectivity index (χ0n) is 16.4. The summed E-state index contributed by atoms with van der Waals surface area (Å²) in [6.07, 6.45) is 1.24. The summed E-state index contributed by atoms with van der Waals surface area (Å²) in [7, 11) is 0. The molecule has 1 fully saturated rings. The van der Waals surface area contributed by atoms with Crippen LogP contribution in [0.5, 0.6) is 0 Å². The lowest BCUT2D eigenvalue weighted by Crippen LogP contribution is -2.41. The lowest BCUT2D eigenvalue weighted by Gasteiger charge is -2.30. The fraction of sp³-hybridized carbons (Fsp3) is 0.500. The van der Waals surface area contributed by atoms with E-state index in [-0.39, 0.29) is 17.8 Å². The van der Waals surface area contributed by atoms with Crippen LogP contribution in [-0.2, 0) is 9.53 Å². The maximum Gasteiger partial charge on any atom is 0.309 e. The van der Waals surface area contributed by atoms with Gasteiger partial charge >= 0.3 is 5.97 Å². The standard InChI is InChI=1S/C20H26N4O3/c1-5-27-20(26)16-8-10-23(11-9-16)19(25)18-15(4)21-24(22-18)17-7-6-13(2)12-14(17)3/h6-7,12,16H,5,8-11H2,1-4H3. The fourth-order valence-electron chi connectivity index (χ4n) is 3.44. The highest BCUT2D eigenvalue weighted by molar-refractivity contribution is 5.93. The van der Waals surface area contributed by atoms with Crippen molar-refractivity contribution in [2.45, 2.75) is 40.5 Å². The van der Waals surface area contributed by atoms with Crippen molar-refractivity contribution in [2.75, 3.05) is 19.7 Å². The molecule has 2 aromatic rings. The predicted molar refractivity (Wildman–Crippen MR) is 101 cm³/mol. The highest BCUT2D eigenvalue weighted by Gasteiger charge is 2.30. The Morgan fingerprint density at radius 3 is 2.48 bits per heavy atom. The first-order chi connectivity index (χ1) is 12.9. The third-order valence-electron chi connectivity index (χ3n) is 4.95. The molecule has 144 valence electrons. The third kappa shape index (κ3) is 4.02. The average Bonchev–Trinajstić information content (AvgIpc) is 3.03. The number of carbonyl (C=O) groups is 2. The van der Waals surface area contributed by atoms with Crippen molar-refractivity contribution in [2.24, 2.45) is 5.92 Å². The van der Waals surface area contributed by atoms with Crippen LogP contribution in [-0.4, -0.2) is 51.5 Å². The molecule has 1 aliphatic heterocycles. The summed E-state index contributed by atoms with van der Waals surface area (Å²) < 4.78 is 5.08. The molecule has 1 aromatic carbocycles. The largest absolute Gasteiger partial charge is 0.466 e. The smallest absolute Gasteiger partial charge is 0.309 e. The number of ether oxygens (including phenoxy) is 1. The Morgan fingerprint density at radius 2 is 1.85 bits per heavy atom. The highest BCUT2D eigenvalue weighted by Crippen LogP contribution is 2.21. The molecule has 1 amide bonds. The van der Waals surface area contributed by atoms with Gasteiger partial charge in [-0.2, -0.15) is 9.90 Å². The molecule has 7 nitrogen and oxygen atoms in total. The van der Waals surface area contributed by atoms with Gasteiger partial charge in [0.15, 0.2) is 5.69 Å². The molecule has 3 rings (SSSR count). The monoisotopic (exact) mass is 370 g/mol. The quantitative estimate of drug-likeness (QED) is 0.773. The number of carbonyl (C=O) groups excluding carboxylic acids is 2. The molecule has 0 radical (unpaired) electrons. The number of benzene rings is 1. The van der Waals surface area contributed by atoms with Gasteiger partial charge in [-0.1, -0.05) is 17.7 Å². The molecule has 0 bridgehead atoms. The second-order valence-electron chi connectivity index (χ2n) is 7.03. The van der Waals surface area contributed by atoms with E-state index in [1.807, 2.05) is 26.0 Å². The summed E-state index contributed by atoms with van der Waals surface area (Å²) >= 11 is 0. The number of rotatable bonds is 4. The molecule has 1 saturated heterocycles. The van der Waals surface area contributed by atoms with Gasteiger partial charge in [-0.05, 0) is 52.2 Å². The zero-order chi connectivity index (χ0) is 19.6. The third-order valence-corrected chi connectivity index (χ3v) is 4.95. The van der Waals surface area contributed by atoms with E-state index < -0.39 is 0 Å². The number of piperidine rings is 1. The minimum Gasteiger partial charge on any atom is -0.466 e. The van der Waals surface area contributed by atoms with E-state index in [4.69, 9.17) is 4.74 Å². The first kappa shape index (κ1) is 19.1. The van der Waals surface area contributed by atoms with Crippen molar-refractivity contribution < 1.29 is 14.3 Å². The Bertz CT molecular complexity index is 851. The molecule has 0 unspecified atom stereocenters.